The fourth-order valence-electron chi connectivity index (χ4n) is 2.51. The van der Waals surface area contributed by atoms with Crippen LogP contribution in [0.5, 0.6) is 0 Å². The zero-order valence-electron chi connectivity index (χ0n) is 14.4. The number of nitrogens with zero attached hydrogens (tertiary/aromatic N) is 1. The second-order valence-corrected chi connectivity index (χ2v) is 7.04. The molecule has 1 rings (SSSR count). The fraction of sp³-hybridized carbons (Fsp3) is 0.600. The van der Waals surface area contributed by atoms with E-state index in [1.807, 2.05) is 0 Å². The van der Waals surface area contributed by atoms with Gasteiger partial charge in [0.15, 0.2) is 5.69 Å². The molecule has 0 N–H and O–H groups in total. The number of hydrogen-bond donors (Lipinski definition) is 0. The van der Waals surface area contributed by atoms with Gasteiger partial charge < -0.3 is 0 Å². The Hall–Kier alpha value is -1.27. The average Bonchev–Trinajstić information content (AvgIpc) is 2.59. The standard InChI is InChI=1S/C20H29NOS/c1-3-4-5-6-7-8-9-10-11-12-17-23-20(22)18-13-15-19(21-2)16-14-18/h13-16H,3-12,17H2,1H3. The minimum atomic E-state index is 0.123. The van der Waals surface area contributed by atoms with Crippen LogP contribution in [0.3, 0.4) is 0 Å². The highest BCUT2D eigenvalue weighted by molar-refractivity contribution is 8.14. The van der Waals surface area contributed by atoms with Gasteiger partial charge in [0.05, 0.1) is 6.57 Å². The highest BCUT2D eigenvalue weighted by atomic mass is 32.2. The van der Waals surface area contributed by atoms with Gasteiger partial charge in [0.1, 0.15) is 0 Å². The van der Waals surface area contributed by atoms with Gasteiger partial charge in [-0.15, -0.1) is 0 Å². The van der Waals surface area contributed by atoms with Gasteiger partial charge in [-0.25, -0.2) is 4.85 Å². The predicted molar refractivity (Wildman–Crippen MR) is 101 cm³/mol. The molecule has 0 heterocycles. The Labute approximate surface area is 145 Å². The van der Waals surface area contributed by atoms with Crippen molar-refractivity contribution in [1.82, 2.24) is 0 Å². The molecule has 0 saturated heterocycles. The summed E-state index contributed by atoms with van der Waals surface area (Å²) in [7, 11) is 0. The summed E-state index contributed by atoms with van der Waals surface area (Å²) in [5.74, 6) is 0.903. The molecule has 0 atom stereocenters. The summed E-state index contributed by atoms with van der Waals surface area (Å²) in [6.07, 6.45) is 13.2. The Morgan fingerprint density at radius 3 is 1.96 bits per heavy atom. The number of rotatable bonds is 12. The molecule has 23 heavy (non-hydrogen) atoms. The Bertz CT molecular complexity index is 475. The van der Waals surface area contributed by atoms with Crippen molar-refractivity contribution in [3.8, 4) is 0 Å². The highest BCUT2D eigenvalue weighted by Gasteiger charge is 2.06. The zero-order chi connectivity index (χ0) is 16.8. The largest absolute Gasteiger partial charge is 0.282 e. The van der Waals surface area contributed by atoms with Crippen molar-refractivity contribution in [2.24, 2.45) is 0 Å². The van der Waals surface area contributed by atoms with E-state index < -0.39 is 0 Å². The predicted octanol–water partition coefficient (Wildman–Crippen LogP) is 7.03. The molecule has 0 spiro atoms. The lowest BCUT2D eigenvalue weighted by Gasteiger charge is -2.03. The Morgan fingerprint density at radius 2 is 1.43 bits per heavy atom. The molecule has 0 radical (unpaired) electrons. The summed E-state index contributed by atoms with van der Waals surface area (Å²) in [5.41, 5.74) is 1.29. The quantitative estimate of drug-likeness (QED) is 0.303. The maximum absolute atomic E-state index is 12.0. The second-order valence-electron chi connectivity index (χ2n) is 5.98. The number of unbranched alkanes of at least 4 members (excludes halogenated alkanes) is 9. The van der Waals surface area contributed by atoms with E-state index >= 15 is 0 Å². The van der Waals surface area contributed by atoms with E-state index in [1.54, 1.807) is 24.3 Å². The van der Waals surface area contributed by atoms with Crippen LogP contribution >= 0.6 is 11.8 Å². The van der Waals surface area contributed by atoms with Gasteiger partial charge >= 0.3 is 0 Å². The molecule has 0 unspecified atom stereocenters. The van der Waals surface area contributed by atoms with Crippen molar-refractivity contribution in [3.05, 3.63) is 41.2 Å². The first-order chi connectivity index (χ1) is 11.3. The molecule has 2 nitrogen and oxygen atoms in total. The van der Waals surface area contributed by atoms with Gasteiger partial charge in [0.2, 0.25) is 5.12 Å². The molecule has 0 fully saturated rings. The lowest BCUT2D eigenvalue weighted by molar-refractivity contribution is 0.108. The molecule has 1 aromatic carbocycles. The number of carbonyl (C=O) groups is 1. The van der Waals surface area contributed by atoms with E-state index in [1.165, 1.54) is 69.5 Å². The third kappa shape index (κ3) is 9.46. The van der Waals surface area contributed by atoms with Crippen LogP contribution in [0.2, 0.25) is 0 Å². The van der Waals surface area contributed by atoms with Crippen LogP contribution in [0.4, 0.5) is 5.69 Å². The minimum absolute atomic E-state index is 0.123. The van der Waals surface area contributed by atoms with Crippen LogP contribution in [0.15, 0.2) is 24.3 Å². The average molecular weight is 332 g/mol. The van der Waals surface area contributed by atoms with Crippen molar-refractivity contribution >= 4 is 22.6 Å². The summed E-state index contributed by atoms with van der Waals surface area (Å²) in [4.78, 5) is 15.3. The Balaban J connectivity index is 1.98. The molecule has 0 aliphatic carbocycles. The van der Waals surface area contributed by atoms with Crippen LogP contribution in [0, 0.1) is 6.57 Å². The molecular weight excluding hydrogens is 302 g/mol. The van der Waals surface area contributed by atoms with E-state index in [2.05, 4.69) is 11.8 Å². The van der Waals surface area contributed by atoms with E-state index in [0.29, 0.717) is 11.3 Å². The molecule has 3 heteroatoms. The summed E-state index contributed by atoms with van der Waals surface area (Å²) >= 11 is 1.40. The molecule has 0 aliphatic heterocycles. The van der Waals surface area contributed by atoms with Gasteiger partial charge in [0.25, 0.3) is 0 Å². The summed E-state index contributed by atoms with van der Waals surface area (Å²) < 4.78 is 0. The maximum atomic E-state index is 12.0. The van der Waals surface area contributed by atoms with E-state index in [4.69, 9.17) is 6.57 Å². The van der Waals surface area contributed by atoms with Crippen molar-refractivity contribution < 1.29 is 4.79 Å². The summed E-state index contributed by atoms with van der Waals surface area (Å²) in [6.45, 7) is 9.16. The van der Waals surface area contributed by atoms with E-state index in [9.17, 15) is 4.79 Å². The molecular formula is C20H29NOS. The van der Waals surface area contributed by atoms with Gasteiger partial charge in [-0.3, -0.25) is 4.79 Å². The van der Waals surface area contributed by atoms with Crippen molar-refractivity contribution in [3.63, 3.8) is 0 Å². The normalized spacial score (nSPS) is 10.4. The molecule has 1 aromatic rings. The Kier molecular flexibility index (Phi) is 11.3. The number of hydrogen-bond acceptors (Lipinski definition) is 2. The molecule has 0 aliphatic rings. The zero-order valence-corrected chi connectivity index (χ0v) is 15.2. The molecule has 0 amide bonds. The number of carbonyl (C=O) groups excluding carboxylic acids is 1. The third-order valence-corrected chi connectivity index (χ3v) is 4.95. The first kappa shape index (κ1) is 19.8. The molecule has 0 aromatic heterocycles. The smallest absolute Gasteiger partial charge is 0.219 e. The molecule has 0 bridgehead atoms. The maximum Gasteiger partial charge on any atom is 0.219 e. The molecule has 0 saturated carbocycles. The first-order valence-corrected chi connectivity index (χ1v) is 9.91. The molecule has 126 valence electrons. The summed E-state index contributed by atoms with van der Waals surface area (Å²) in [6, 6.07) is 6.92. The monoisotopic (exact) mass is 331 g/mol. The number of benzene rings is 1. The highest BCUT2D eigenvalue weighted by Crippen LogP contribution is 2.19. The van der Waals surface area contributed by atoms with Crippen molar-refractivity contribution in [2.75, 3.05) is 5.75 Å². The lowest BCUT2D eigenvalue weighted by Crippen LogP contribution is -1.94. The van der Waals surface area contributed by atoms with Gasteiger partial charge in [-0.05, 0) is 6.42 Å². The first-order valence-electron chi connectivity index (χ1n) is 8.92. The van der Waals surface area contributed by atoms with Crippen molar-refractivity contribution in [1.29, 1.82) is 0 Å². The Morgan fingerprint density at radius 1 is 0.913 bits per heavy atom. The topological polar surface area (TPSA) is 21.4 Å². The van der Waals surface area contributed by atoms with Gasteiger partial charge in [-0.2, -0.15) is 0 Å². The minimum Gasteiger partial charge on any atom is -0.282 e. The van der Waals surface area contributed by atoms with Crippen LogP contribution in [0.1, 0.15) is 81.5 Å². The van der Waals surface area contributed by atoms with Gasteiger partial charge in [-0.1, -0.05) is 101 Å². The van der Waals surface area contributed by atoms with Crippen LogP contribution in [0.25, 0.3) is 4.85 Å². The number of thioether (sulfide) groups is 1. The van der Waals surface area contributed by atoms with E-state index in [0.717, 1.165) is 12.2 Å². The van der Waals surface area contributed by atoms with Gasteiger partial charge in [0, 0.05) is 11.3 Å². The van der Waals surface area contributed by atoms with Crippen LogP contribution < -0.4 is 0 Å². The second kappa shape index (κ2) is 13.2. The third-order valence-electron chi connectivity index (χ3n) is 3.96. The van der Waals surface area contributed by atoms with E-state index in [-0.39, 0.29) is 5.12 Å². The van der Waals surface area contributed by atoms with Crippen molar-refractivity contribution in [2.45, 2.75) is 71.1 Å². The van der Waals surface area contributed by atoms with Crippen LogP contribution in [-0.4, -0.2) is 10.9 Å². The van der Waals surface area contributed by atoms with Crippen LogP contribution in [-0.2, 0) is 0 Å². The fourth-order valence-corrected chi connectivity index (χ4v) is 3.35. The lowest BCUT2D eigenvalue weighted by atomic mass is 10.1. The summed E-state index contributed by atoms with van der Waals surface area (Å²) in [5, 5.41) is 0.123. The SMILES string of the molecule is [C-]#[N+]c1ccc(C(=O)SCCCCCCCCCCCC)cc1.